The van der Waals surface area contributed by atoms with Gasteiger partial charge in [-0.1, -0.05) is 12.1 Å². The van der Waals surface area contributed by atoms with E-state index in [2.05, 4.69) is 15.6 Å². The maximum Gasteiger partial charge on any atom is 0.257 e. The van der Waals surface area contributed by atoms with Crippen LogP contribution in [-0.2, 0) is 0 Å². The van der Waals surface area contributed by atoms with Crippen LogP contribution in [0.3, 0.4) is 0 Å². The van der Waals surface area contributed by atoms with Crippen molar-refractivity contribution in [2.24, 2.45) is 0 Å². The quantitative estimate of drug-likeness (QED) is 0.541. The van der Waals surface area contributed by atoms with Gasteiger partial charge in [-0.05, 0) is 68.8 Å². The van der Waals surface area contributed by atoms with E-state index in [9.17, 15) is 9.59 Å². The molecule has 0 fully saturated rings. The number of carbonyl (C=O) groups excluding carboxylic acids is 2. The first kappa shape index (κ1) is 22.8. The lowest BCUT2D eigenvalue weighted by atomic mass is 10.1. The standard InChI is InChI=1S/C25H27N3O4/c1-16(2)32-22-11-10-18(14-23(22)31-4)17(3)27-24(29)19-7-5-9-21(13-19)28-25(30)20-8-6-12-26-15-20/h5-17H,1-4H3,(H,27,29)(H,28,30). The summed E-state index contributed by atoms with van der Waals surface area (Å²) in [6.45, 7) is 5.79. The molecule has 32 heavy (non-hydrogen) atoms. The number of anilines is 1. The van der Waals surface area contributed by atoms with E-state index >= 15 is 0 Å². The molecule has 1 unspecified atom stereocenters. The van der Waals surface area contributed by atoms with E-state index in [-0.39, 0.29) is 24.0 Å². The molecule has 0 aliphatic rings. The second-order valence-corrected chi connectivity index (χ2v) is 7.55. The summed E-state index contributed by atoms with van der Waals surface area (Å²) in [6.07, 6.45) is 3.11. The van der Waals surface area contributed by atoms with E-state index in [4.69, 9.17) is 9.47 Å². The predicted octanol–water partition coefficient (Wildman–Crippen LogP) is 4.62. The molecule has 0 saturated heterocycles. The highest BCUT2D eigenvalue weighted by Gasteiger charge is 2.15. The number of hydrogen-bond donors (Lipinski definition) is 2. The van der Waals surface area contributed by atoms with E-state index in [1.807, 2.05) is 39.0 Å². The van der Waals surface area contributed by atoms with Gasteiger partial charge in [0.15, 0.2) is 11.5 Å². The highest BCUT2D eigenvalue weighted by molar-refractivity contribution is 6.05. The predicted molar refractivity (Wildman–Crippen MR) is 123 cm³/mol. The lowest BCUT2D eigenvalue weighted by Gasteiger charge is -2.18. The van der Waals surface area contributed by atoms with Crippen molar-refractivity contribution < 1.29 is 19.1 Å². The molecule has 1 heterocycles. The molecule has 7 nitrogen and oxygen atoms in total. The smallest absolute Gasteiger partial charge is 0.257 e. The Balaban J connectivity index is 1.69. The molecule has 3 rings (SSSR count). The second-order valence-electron chi connectivity index (χ2n) is 7.55. The molecule has 1 atom stereocenters. The monoisotopic (exact) mass is 433 g/mol. The third-order valence-corrected chi connectivity index (χ3v) is 4.70. The van der Waals surface area contributed by atoms with Gasteiger partial charge in [0, 0.05) is 23.6 Å². The van der Waals surface area contributed by atoms with Crippen molar-refractivity contribution in [3.8, 4) is 11.5 Å². The van der Waals surface area contributed by atoms with Crippen LogP contribution < -0.4 is 20.1 Å². The number of rotatable bonds is 8. The van der Waals surface area contributed by atoms with Gasteiger partial charge in [0.25, 0.3) is 11.8 Å². The van der Waals surface area contributed by atoms with Crippen molar-refractivity contribution in [1.82, 2.24) is 10.3 Å². The van der Waals surface area contributed by atoms with Crippen molar-refractivity contribution in [2.75, 3.05) is 12.4 Å². The fourth-order valence-corrected chi connectivity index (χ4v) is 3.11. The van der Waals surface area contributed by atoms with Crippen LogP contribution in [0, 0.1) is 0 Å². The van der Waals surface area contributed by atoms with Gasteiger partial charge in [-0.15, -0.1) is 0 Å². The zero-order valence-electron chi connectivity index (χ0n) is 18.6. The summed E-state index contributed by atoms with van der Waals surface area (Å²) in [5.41, 5.74) is 2.28. The van der Waals surface area contributed by atoms with Gasteiger partial charge in [0.2, 0.25) is 0 Å². The number of pyridine rings is 1. The van der Waals surface area contributed by atoms with Gasteiger partial charge in [-0.25, -0.2) is 0 Å². The molecular formula is C25H27N3O4. The molecule has 2 aromatic carbocycles. The van der Waals surface area contributed by atoms with Crippen LogP contribution in [-0.4, -0.2) is 30.0 Å². The highest BCUT2D eigenvalue weighted by Crippen LogP contribution is 2.31. The fraction of sp³-hybridized carbons (Fsp3) is 0.240. The normalized spacial score (nSPS) is 11.5. The summed E-state index contributed by atoms with van der Waals surface area (Å²) in [7, 11) is 1.58. The SMILES string of the molecule is COc1cc(C(C)NC(=O)c2cccc(NC(=O)c3cccnc3)c2)ccc1OC(C)C. The van der Waals surface area contributed by atoms with E-state index in [1.165, 1.54) is 6.20 Å². The number of aromatic nitrogens is 1. The van der Waals surface area contributed by atoms with Crippen LogP contribution in [0.25, 0.3) is 0 Å². The van der Waals surface area contributed by atoms with Crippen molar-refractivity contribution in [3.63, 3.8) is 0 Å². The van der Waals surface area contributed by atoms with Crippen LogP contribution in [0.2, 0.25) is 0 Å². The number of methoxy groups -OCH3 is 1. The Kier molecular flexibility index (Phi) is 7.44. The zero-order valence-corrected chi connectivity index (χ0v) is 18.6. The van der Waals surface area contributed by atoms with Crippen LogP contribution in [0.1, 0.15) is 53.1 Å². The maximum absolute atomic E-state index is 12.8. The van der Waals surface area contributed by atoms with Crippen LogP contribution in [0.15, 0.2) is 67.0 Å². The summed E-state index contributed by atoms with van der Waals surface area (Å²) in [5.74, 6) is 0.718. The lowest BCUT2D eigenvalue weighted by Crippen LogP contribution is -2.26. The molecular weight excluding hydrogens is 406 g/mol. The number of ether oxygens (including phenoxy) is 2. The first-order valence-corrected chi connectivity index (χ1v) is 10.3. The van der Waals surface area contributed by atoms with Gasteiger partial charge in [-0.2, -0.15) is 0 Å². The zero-order chi connectivity index (χ0) is 23.1. The lowest BCUT2D eigenvalue weighted by molar-refractivity contribution is 0.0938. The molecule has 3 aromatic rings. The summed E-state index contributed by atoms with van der Waals surface area (Å²) < 4.78 is 11.2. The Bertz CT molecular complexity index is 1080. The third-order valence-electron chi connectivity index (χ3n) is 4.70. The number of benzene rings is 2. The van der Waals surface area contributed by atoms with E-state index in [0.29, 0.717) is 28.3 Å². The molecule has 0 radical (unpaired) electrons. The Morgan fingerprint density at radius 2 is 1.69 bits per heavy atom. The highest BCUT2D eigenvalue weighted by atomic mass is 16.5. The van der Waals surface area contributed by atoms with Crippen LogP contribution in [0.5, 0.6) is 11.5 Å². The number of amides is 2. The van der Waals surface area contributed by atoms with Gasteiger partial charge in [0.05, 0.1) is 24.8 Å². The van der Waals surface area contributed by atoms with E-state index < -0.39 is 0 Å². The molecule has 166 valence electrons. The number of nitrogens with one attached hydrogen (secondary N) is 2. The van der Waals surface area contributed by atoms with Crippen molar-refractivity contribution in [2.45, 2.75) is 32.9 Å². The average molecular weight is 434 g/mol. The Morgan fingerprint density at radius 1 is 0.906 bits per heavy atom. The fourth-order valence-electron chi connectivity index (χ4n) is 3.11. The van der Waals surface area contributed by atoms with E-state index in [1.54, 1.807) is 49.7 Å². The number of nitrogens with zero attached hydrogens (tertiary/aromatic N) is 1. The Labute approximate surface area is 187 Å². The largest absolute Gasteiger partial charge is 0.493 e. The van der Waals surface area contributed by atoms with Gasteiger partial charge < -0.3 is 20.1 Å². The maximum atomic E-state index is 12.8. The first-order valence-electron chi connectivity index (χ1n) is 10.3. The molecule has 7 heteroatoms. The third kappa shape index (κ3) is 5.85. The second kappa shape index (κ2) is 10.4. The minimum Gasteiger partial charge on any atom is -0.493 e. The van der Waals surface area contributed by atoms with Crippen molar-refractivity contribution in [1.29, 1.82) is 0 Å². The molecule has 1 aromatic heterocycles. The Hall–Kier alpha value is -3.87. The summed E-state index contributed by atoms with van der Waals surface area (Å²) in [6, 6.07) is 15.5. The van der Waals surface area contributed by atoms with Crippen LogP contribution >= 0.6 is 0 Å². The summed E-state index contributed by atoms with van der Waals surface area (Å²) in [5, 5.41) is 5.76. The molecule has 2 N–H and O–H groups in total. The Morgan fingerprint density at radius 3 is 2.38 bits per heavy atom. The topological polar surface area (TPSA) is 89.6 Å². The van der Waals surface area contributed by atoms with Crippen LogP contribution in [0.4, 0.5) is 5.69 Å². The van der Waals surface area contributed by atoms with Gasteiger partial charge >= 0.3 is 0 Å². The van der Waals surface area contributed by atoms with Crippen molar-refractivity contribution >= 4 is 17.5 Å². The molecule has 0 bridgehead atoms. The molecule has 0 aliphatic heterocycles. The van der Waals surface area contributed by atoms with E-state index in [0.717, 1.165) is 5.56 Å². The minimum atomic E-state index is -0.292. The molecule has 0 aliphatic carbocycles. The van der Waals surface area contributed by atoms with Crippen molar-refractivity contribution in [3.05, 3.63) is 83.7 Å². The summed E-state index contributed by atoms with van der Waals surface area (Å²) in [4.78, 5) is 29.1. The summed E-state index contributed by atoms with van der Waals surface area (Å²) >= 11 is 0. The average Bonchev–Trinajstić information content (AvgIpc) is 2.79. The molecule has 0 saturated carbocycles. The van der Waals surface area contributed by atoms with Gasteiger partial charge in [-0.3, -0.25) is 14.6 Å². The molecule has 0 spiro atoms. The minimum absolute atomic E-state index is 0.0257. The van der Waals surface area contributed by atoms with Gasteiger partial charge in [0.1, 0.15) is 0 Å². The first-order chi connectivity index (χ1) is 15.4. The number of hydrogen-bond acceptors (Lipinski definition) is 5. The number of carbonyl (C=O) groups is 2. The molecule has 2 amide bonds.